The Morgan fingerprint density at radius 1 is 1.21 bits per heavy atom. The number of fused-ring (bicyclic) bond motifs is 1. The first kappa shape index (κ1) is 19.0. The van der Waals surface area contributed by atoms with Gasteiger partial charge in [0.25, 0.3) is 11.5 Å². The molecule has 1 heterocycles. The van der Waals surface area contributed by atoms with Crippen LogP contribution in [0.25, 0.3) is 10.8 Å². The van der Waals surface area contributed by atoms with E-state index in [0.717, 1.165) is 6.21 Å². The van der Waals surface area contributed by atoms with Crippen molar-refractivity contribution < 1.29 is 23.0 Å². The van der Waals surface area contributed by atoms with Crippen LogP contribution >= 0.6 is 0 Å². The Bertz CT molecular complexity index is 1100. The van der Waals surface area contributed by atoms with Gasteiger partial charge in [0.1, 0.15) is 0 Å². The van der Waals surface area contributed by atoms with Crippen molar-refractivity contribution in [2.75, 3.05) is 7.11 Å². The Morgan fingerprint density at radius 3 is 2.68 bits per heavy atom. The number of amides is 1. The maximum absolute atomic E-state index is 12.6. The van der Waals surface area contributed by atoms with E-state index in [1.807, 2.05) is 0 Å². The average Bonchev–Trinajstić information content (AvgIpc) is 2.69. The van der Waals surface area contributed by atoms with Gasteiger partial charge in [0.15, 0.2) is 17.2 Å². The number of carbonyl (C=O) groups excluding carboxylic acids is 1. The lowest BCUT2D eigenvalue weighted by Crippen LogP contribution is -2.22. The number of aromatic nitrogens is 2. The molecule has 0 bridgehead atoms. The smallest absolute Gasteiger partial charge is 0.387 e. The summed E-state index contributed by atoms with van der Waals surface area (Å²) in [5, 5.41) is 10.4. The fraction of sp³-hybridized carbons (Fsp3) is 0.111. The zero-order valence-electron chi connectivity index (χ0n) is 14.5. The number of hydrogen-bond acceptors (Lipinski definition) is 6. The quantitative estimate of drug-likeness (QED) is 0.498. The van der Waals surface area contributed by atoms with Crippen molar-refractivity contribution in [2.24, 2.45) is 5.10 Å². The van der Waals surface area contributed by atoms with Crippen molar-refractivity contribution >= 4 is 22.9 Å². The maximum atomic E-state index is 12.6. The van der Waals surface area contributed by atoms with Crippen LogP contribution in [0.5, 0.6) is 11.5 Å². The number of nitrogens with one attached hydrogen (secondary N) is 2. The van der Waals surface area contributed by atoms with E-state index < -0.39 is 18.1 Å². The minimum Gasteiger partial charge on any atom is -0.493 e. The van der Waals surface area contributed by atoms with E-state index >= 15 is 0 Å². The molecular weight excluding hydrogens is 374 g/mol. The number of hydrazone groups is 1. The number of halogens is 2. The number of methoxy groups -OCH3 is 1. The molecule has 3 rings (SSSR count). The van der Waals surface area contributed by atoms with Gasteiger partial charge in [-0.1, -0.05) is 24.3 Å². The molecule has 0 spiro atoms. The Kier molecular flexibility index (Phi) is 5.58. The molecule has 1 aromatic heterocycles. The van der Waals surface area contributed by atoms with Crippen molar-refractivity contribution in [1.29, 1.82) is 0 Å². The average molecular weight is 388 g/mol. The van der Waals surface area contributed by atoms with Gasteiger partial charge >= 0.3 is 6.61 Å². The second-order valence-electron chi connectivity index (χ2n) is 5.40. The van der Waals surface area contributed by atoms with Gasteiger partial charge in [0.2, 0.25) is 0 Å². The molecule has 0 atom stereocenters. The van der Waals surface area contributed by atoms with Gasteiger partial charge in [-0.2, -0.15) is 19.0 Å². The molecule has 0 radical (unpaired) electrons. The highest BCUT2D eigenvalue weighted by Gasteiger charge is 2.15. The van der Waals surface area contributed by atoms with Crippen LogP contribution in [0.4, 0.5) is 8.78 Å². The summed E-state index contributed by atoms with van der Waals surface area (Å²) in [6.07, 6.45) is 1.13. The fourth-order valence-corrected chi connectivity index (χ4v) is 2.51. The molecule has 1 amide bonds. The first-order valence-corrected chi connectivity index (χ1v) is 7.94. The summed E-state index contributed by atoms with van der Waals surface area (Å²) in [6.45, 7) is -3.06. The minimum atomic E-state index is -3.06. The highest BCUT2D eigenvalue weighted by Crippen LogP contribution is 2.31. The van der Waals surface area contributed by atoms with E-state index in [0.29, 0.717) is 10.8 Å². The SMILES string of the molecule is COc1cccc(/C=N\NC(=O)c2n[nH]c(=O)c3ccccc23)c1OC(F)F. The van der Waals surface area contributed by atoms with Gasteiger partial charge in [-0.05, 0) is 18.2 Å². The number of carbonyl (C=O) groups is 1. The third kappa shape index (κ3) is 3.95. The number of para-hydroxylation sites is 1. The van der Waals surface area contributed by atoms with Gasteiger partial charge in [-0.25, -0.2) is 10.5 Å². The molecule has 3 aromatic rings. The normalized spacial score (nSPS) is 11.1. The summed E-state index contributed by atoms with van der Waals surface area (Å²) in [4.78, 5) is 24.1. The molecule has 2 N–H and O–H groups in total. The topological polar surface area (TPSA) is 106 Å². The second kappa shape index (κ2) is 8.25. The van der Waals surface area contributed by atoms with Gasteiger partial charge < -0.3 is 9.47 Å². The van der Waals surface area contributed by atoms with Crippen LogP contribution in [0.2, 0.25) is 0 Å². The highest BCUT2D eigenvalue weighted by molar-refractivity contribution is 6.04. The van der Waals surface area contributed by atoms with E-state index in [1.54, 1.807) is 30.3 Å². The molecule has 8 nitrogen and oxygen atoms in total. The van der Waals surface area contributed by atoms with Crippen molar-refractivity contribution in [1.82, 2.24) is 15.6 Å². The number of benzene rings is 2. The third-order valence-corrected chi connectivity index (χ3v) is 3.72. The summed E-state index contributed by atoms with van der Waals surface area (Å²) in [5.74, 6) is -0.822. The first-order valence-electron chi connectivity index (χ1n) is 7.94. The number of H-pyrrole nitrogens is 1. The monoisotopic (exact) mass is 388 g/mol. The van der Waals surface area contributed by atoms with E-state index in [4.69, 9.17) is 4.74 Å². The predicted molar refractivity (Wildman–Crippen MR) is 97.0 cm³/mol. The van der Waals surface area contributed by atoms with Gasteiger partial charge in [-0.3, -0.25) is 9.59 Å². The first-order chi connectivity index (χ1) is 13.5. The number of hydrogen-bond donors (Lipinski definition) is 2. The van der Waals surface area contributed by atoms with E-state index in [-0.39, 0.29) is 22.8 Å². The lowest BCUT2D eigenvalue weighted by atomic mass is 10.1. The molecule has 0 fully saturated rings. The largest absolute Gasteiger partial charge is 0.493 e. The van der Waals surface area contributed by atoms with E-state index in [2.05, 4.69) is 25.5 Å². The summed E-state index contributed by atoms with van der Waals surface area (Å²) in [6, 6.07) is 10.9. The number of nitrogens with zero attached hydrogens (tertiary/aromatic N) is 2. The molecule has 2 aromatic carbocycles. The molecule has 0 aliphatic rings. The van der Waals surface area contributed by atoms with Crippen LogP contribution in [0.15, 0.2) is 52.4 Å². The molecule has 144 valence electrons. The van der Waals surface area contributed by atoms with Crippen LogP contribution in [0, 0.1) is 0 Å². The highest BCUT2D eigenvalue weighted by atomic mass is 19.3. The minimum absolute atomic E-state index is 0.0398. The molecule has 0 aliphatic carbocycles. The summed E-state index contributed by atoms with van der Waals surface area (Å²) in [5.41, 5.74) is 1.94. The zero-order chi connectivity index (χ0) is 20.1. The van der Waals surface area contributed by atoms with Crippen molar-refractivity contribution in [3.8, 4) is 11.5 Å². The standard InChI is InChI=1S/C18H14F2N4O4/c1-27-13-8-4-5-10(15(13)28-18(19)20)9-21-23-17(26)14-11-6-2-3-7-12(11)16(25)24-22-14/h2-9,18H,1H3,(H,23,26)(H,24,25)/b21-9-. The van der Waals surface area contributed by atoms with Gasteiger partial charge in [0.05, 0.1) is 18.7 Å². The maximum Gasteiger partial charge on any atom is 0.387 e. The Labute approximate surface area is 156 Å². The number of alkyl halides is 2. The van der Waals surface area contributed by atoms with Crippen molar-refractivity contribution in [3.05, 3.63) is 64.1 Å². The molecule has 0 saturated carbocycles. The molecule has 0 aliphatic heterocycles. The van der Waals surface area contributed by atoms with E-state index in [9.17, 15) is 18.4 Å². The molecular formula is C18H14F2N4O4. The lowest BCUT2D eigenvalue weighted by molar-refractivity contribution is -0.0513. The fourth-order valence-electron chi connectivity index (χ4n) is 2.51. The molecule has 0 saturated heterocycles. The molecule has 10 heteroatoms. The summed E-state index contributed by atoms with van der Waals surface area (Å²) < 4.78 is 34.7. The number of aromatic amines is 1. The predicted octanol–water partition coefficient (Wildman–Crippen LogP) is 2.30. The summed E-state index contributed by atoms with van der Waals surface area (Å²) in [7, 11) is 1.31. The van der Waals surface area contributed by atoms with Crippen LogP contribution in [0.1, 0.15) is 16.1 Å². The van der Waals surface area contributed by atoms with Crippen LogP contribution < -0.4 is 20.5 Å². The lowest BCUT2D eigenvalue weighted by Gasteiger charge is -2.11. The van der Waals surface area contributed by atoms with Gasteiger partial charge in [-0.15, -0.1) is 0 Å². The number of ether oxygens (including phenoxy) is 2. The van der Waals surface area contributed by atoms with Crippen LogP contribution in [-0.2, 0) is 0 Å². The van der Waals surface area contributed by atoms with Crippen molar-refractivity contribution in [2.45, 2.75) is 6.61 Å². The second-order valence-corrected chi connectivity index (χ2v) is 5.40. The Balaban J connectivity index is 1.85. The van der Waals surface area contributed by atoms with Gasteiger partial charge in [0, 0.05) is 10.9 Å². The Hall–Kier alpha value is -3.82. The van der Waals surface area contributed by atoms with Crippen molar-refractivity contribution in [3.63, 3.8) is 0 Å². The van der Waals surface area contributed by atoms with Crippen LogP contribution in [0.3, 0.4) is 0 Å². The third-order valence-electron chi connectivity index (χ3n) is 3.72. The molecule has 0 unspecified atom stereocenters. The summed E-state index contributed by atoms with van der Waals surface area (Å²) >= 11 is 0. The Morgan fingerprint density at radius 2 is 1.96 bits per heavy atom. The molecule has 28 heavy (non-hydrogen) atoms. The van der Waals surface area contributed by atoms with E-state index in [1.165, 1.54) is 19.2 Å². The zero-order valence-corrected chi connectivity index (χ0v) is 14.5. The van der Waals surface area contributed by atoms with Crippen LogP contribution in [-0.4, -0.2) is 36.0 Å². The number of rotatable bonds is 6.